The third-order valence-corrected chi connectivity index (χ3v) is 9.56. The van der Waals surface area contributed by atoms with Crippen LogP contribution in [-0.2, 0) is 38.1 Å². The molecule has 0 unspecified atom stereocenters. The SMILES string of the molecule is CC(C)(C)OC(=O)N(CCCCNC(=O)CCN(CCCCNC(=O)CCN(CCCCNC(=O)CCN(CCCCN=[N+]=[N-])C(=O)OC(C)(C)C)C(=O)OC(C)(C)C)C(=O)OC(C)(C)C)CCC(=O)O. The van der Waals surface area contributed by atoms with Crippen molar-refractivity contribution >= 4 is 48.1 Å². The highest BCUT2D eigenvalue weighted by molar-refractivity contribution is 5.78. The number of carbonyl (C=O) groups is 8. The molecule has 0 atom stereocenters. The molecule has 0 aliphatic rings. The van der Waals surface area contributed by atoms with E-state index in [1.165, 1.54) is 19.6 Å². The third-order valence-electron chi connectivity index (χ3n) is 9.56. The summed E-state index contributed by atoms with van der Waals surface area (Å²) in [6.07, 6.45) is 1.83. The second-order valence-electron chi connectivity index (χ2n) is 21.1. The van der Waals surface area contributed by atoms with Crippen molar-refractivity contribution in [1.82, 2.24) is 35.6 Å². The van der Waals surface area contributed by atoms with Gasteiger partial charge in [-0.25, -0.2) is 19.2 Å². The lowest BCUT2D eigenvalue weighted by Crippen LogP contribution is -2.40. The van der Waals surface area contributed by atoms with E-state index in [-0.39, 0.29) is 89.2 Å². The summed E-state index contributed by atoms with van der Waals surface area (Å²) in [6, 6.07) is 0. The van der Waals surface area contributed by atoms with Gasteiger partial charge in [-0.3, -0.25) is 19.2 Å². The predicted molar refractivity (Wildman–Crippen MR) is 267 cm³/mol. The molecule has 23 nitrogen and oxygen atoms in total. The van der Waals surface area contributed by atoms with Crippen molar-refractivity contribution in [3.05, 3.63) is 10.4 Å². The minimum absolute atomic E-state index is 0.000757. The average Bonchev–Trinajstić information content (AvgIpc) is 3.21. The van der Waals surface area contributed by atoms with Gasteiger partial charge >= 0.3 is 30.3 Å². The van der Waals surface area contributed by atoms with Crippen LogP contribution in [0.25, 0.3) is 10.4 Å². The van der Waals surface area contributed by atoms with Gasteiger partial charge in [-0.2, -0.15) is 0 Å². The van der Waals surface area contributed by atoms with Crippen LogP contribution in [0.3, 0.4) is 0 Å². The highest BCUT2D eigenvalue weighted by Crippen LogP contribution is 2.15. The normalized spacial score (nSPS) is 11.5. The average molecular weight is 1010 g/mol. The van der Waals surface area contributed by atoms with E-state index in [0.717, 1.165) is 0 Å². The molecule has 0 radical (unpaired) electrons. The second kappa shape index (κ2) is 33.8. The molecule has 4 N–H and O–H groups in total. The molecular weight excluding hydrogens is 925 g/mol. The summed E-state index contributed by atoms with van der Waals surface area (Å²) >= 11 is 0. The Bertz CT molecular complexity index is 1720. The Kier molecular flexibility index (Phi) is 31.1. The number of carboxylic acids is 1. The molecule has 0 aliphatic heterocycles. The lowest BCUT2D eigenvalue weighted by molar-refractivity contribution is -0.137. The van der Waals surface area contributed by atoms with Crippen LogP contribution in [-0.4, -0.2) is 174 Å². The Labute approximate surface area is 421 Å². The van der Waals surface area contributed by atoms with Crippen molar-refractivity contribution in [3.63, 3.8) is 0 Å². The number of nitrogens with one attached hydrogen (secondary N) is 3. The van der Waals surface area contributed by atoms with Gasteiger partial charge in [0.15, 0.2) is 0 Å². The van der Waals surface area contributed by atoms with Gasteiger partial charge in [-0.15, -0.1) is 0 Å². The van der Waals surface area contributed by atoms with E-state index in [1.807, 2.05) is 0 Å². The predicted octanol–water partition coefficient (Wildman–Crippen LogP) is 7.36. The molecule has 0 saturated carbocycles. The molecule has 0 spiro atoms. The van der Waals surface area contributed by atoms with E-state index in [1.54, 1.807) is 83.1 Å². The molecule has 0 rings (SSSR count). The van der Waals surface area contributed by atoms with Crippen molar-refractivity contribution in [2.75, 3.05) is 78.5 Å². The lowest BCUT2D eigenvalue weighted by Gasteiger charge is -2.28. The number of carboxylic acid groups (broad SMARTS) is 1. The fraction of sp³-hybridized carbons (Fsp3) is 0.833. The number of rotatable bonds is 32. The Hall–Kier alpha value is -5.73. The number of carbonyl (C=O) groups excluding carboxylic acids is 7. The highest BCUT2D eigenvalue weighted by Gasteiger charge is 2.26. The van der Waals surface area contributed by atoms with Crippen LogP contribution in [0.2, 0.25) is 0 Å². The van der Waals surface area contributed by atoms with Crippen LogP contribution in [0.15, 0.2) is 5.11 Å². The fourth-order valence-electron chi connectivity index (χ4n) is 6.19. The number of hydrogen-bond donors (Lipinski definition) is 4. The van der Waals surface area contributed by atoms with Gasteiger partial charge in [-0.05, 0) is 140 Å². The van der Waals surface area contributed by atoms with Crippen LogP contribution >= 0.6 is 0 Å². The molecule has 0 bridgehead atoms. The van der Waals surface area contributed by atoms with E-state index in [0.29, 0.717) is 84.1 Å². The molecular formula is C48H88N10O13. The molecule has 0 heterocycles. The molecule has 0 aromatic carbocycles. The van der Waals surface area contributed by atoms with Crippen LogP contribution in [0, 0.1) is 0 Å². The maximum Gasteiger partial charge on any atom is 0.410 e. The van der Waals surface area contributed by atoms with Gasteiger partial charge in [0.05, 0.1) is 6.42 Å². The molecule has 0 aromatic rings. The maximum atomic E-state index is 13.1. The standard InChI is InChI=1S/C48H88N10O13/c1-45(2,3)68-41(64)55(30-18-14-26-51-39(61)23-35-57(32-20-16-28-53-54-49)43(66)70-47(7,8)9)33-21-37(59)50-25-13-17-29-56(42(65)69-46(4,5)6)34-22-38(60)52-27-15-19-31-58(36-24-40(62)63)44(67)71-48(10,11)12/h13-36H2,1-12H3,(H,50,59)(H,51,61)(H,52,60)(H,62,63). The lowest BCUT2D eigenvalue weighted by atomic mass is 10.2. The largest absolute Gasteiger partial charge is 0.481 e. The van der Waals surface area contributed by atoms with E-state index < -0.39 is 52.7 Å². The van der Waals surface area contributed by atoms with Crippen LogP contribution in [0.4, 0.5) is 19.2 Å². The zero-order chi connectivity index (χ0) is 54.3. The smallest absolute Gasteiger partial charge is 0.410 e. The Morgan fingerprint density at radius 2 is 0.676 bits per heavy atom. The summed E-state index contributed by atoms with van der Waals surface area (Å²) in [4.78, 5) is 109. The summed E-state index contributed by atoms with van der Waals surface area (Å²) in [5.41, 5.74) is 5.53. The van der Waals surface area contributed by atoms with Crippen molar-refractivity contribution < 1.29 is 62.4 Å². The summed E-state index contributed by atoms with van der Waals surface area (Å²) in [5.74, 6) is -1.84. The first kappa shape index (κ1) is 65.3. The number of amides is 7. The Morgan fingerprint density at radius 3 is 0.915 bits per heavy atom. The number of ether oxygens (including phenoxy) is 4. The topological polar surface area (TPSA) is 292 Å². The highest BCUT2D eigenvalue weighted by atomic mass is 16.6. The number of azide groups is 1. The van der Waals surface area contributed by atoms with Crippen LogP contribution < -0.4 is 16.0 Å². The van der Waals surface area contributed by atoms with Gasteiger partial charge in [0.25, 0.3) is 0 Å². The van der Waals surface area contributed by atoms with E-state index in [4.69, 9.17) is 29.6 Å². The quantitative estimate of drug-likeness (QED) is 0.0169. The molecule has 408 valence electrons. The number of aliphatic carboxylic acids is 1. The van der Waals surface area contributed by atoms with Crippen molar-refractivity contribution in [2.24, 2.45) is 5.11 Å². The number of hydrogen-bond acceptors (Lipinski definition) is 13. The minimum Gasteiger partial charge on any atom is -0.481 e. The first-order chi connectivity index (χ1) is 32.9. The maximum absolute atomic E-state index is 13.1. The number of nitrogens with zero attached hydrogens (tertiary/aromatic N) is 7. The minimum atomic E-state index is -1.03. The number of unbranched alkanes of at least 4 members (excludes halogenated alkanes) is 4. The van der Waals surface area contributed by atoms with Crippen molar-refractivity contribution in [1.29, 1.82) is 0 Å². The van der Waals surface area contributed by atoms with Crippen molar-refractivity contribution in [3.8, 4) is 0 Å². The zero-order valence-corrected chi connectivity index (χ0v) is 44.9. The second-order valence-corrected chi connectivity index (χ2v) is 21.1. The van der Waals surface area contributed by atoms with Gasteiger partial charge in [0.2, 0.25) is 17.7 Å². The first-order valence-electron chi connectivity index (χ1n) is 24.9. The van der Waals surface area contributed by atoms with E-state index >= 15 is 0 Å². The zero-order valence-electron chi connectivity index (χ0n) is 44.9. The van der Waals surface area contributed by atoms with E-state index in [2.05, 4.69) is 26.0 Å². The fourth-order valence-corrected chi connectivity index (χ4v) is 6.19. The van der Waals surface area contributed by atoms with Gasteiger partial charge in [0.1, 0.15) is 22.4 Å². The molecule has 0 aliphatic carbocycles. The Balaban J connectivity index is 5.04. The van der Waals surface area contributed by atoms with E-state index in [9.17, 15) is 38.4 Å². The van der Waals surface area contributed by atoms with Gasteiger partial charge in [0, 0.05) is 103 Å². The summed E-state index contributed by atoms with van der Waals surface area (Å²) in [7, 11) is 0. The van der Waals surface area contributed by atoms with Crippen LogP contribution in [0.5, 0.6) is 0 Å². The summed E-state index contributed by atoms with van der Waals surface area (Å²) < 4.78 is 22.1. The van der Waals surface area contributed by atoms with Crippen LogP contribution in [0.1, 0.15) is 160 Å². The molecule has 0 aromatic heterocycles. The third kappa shape index (κ3) is 37.7. The molecule has 23 heteroatoms. The summed E-state index contributed by atoms with van der Waals surface area (Å²) in [5, 5.41) is 21.1. The molecule has 0 saturated heterocycles. The molecule has 7 amide bonds. The Morgan fingerprint density at radius 1 is 0.423 bits per heavy atom. The van der Waals surface area contributed by atoms with Crippen molar-refractivity contribution in [2.45, 2.75) is 183 Å². The van der Waals surface area contributed by atoms with Gasteiger partial charge in [-0.1, -0.05) is 5.11 Å². The van der Waals surface area contributed by atoms with Gasteiger partial charge < -0.3 is 59.6 Å². The molecule has 0 fully saturated rings. The first-order valence-corrected chi connectivity index (χ1v) is 24.9. The monoisotopic (exact) mass is 1010 g/mol. The molecule has 71 heavy (non-hydrogen) atoms. The summed E-state index contributed by atoms with van der Waals surface area (Å²) in [6.45, 7) is 23.7.